The molecule has 0 radical (unpaired) electrons. The fourth-order valence-corrected chi connectivity index (χ4v) is 4.35. The van der Waals surface area contributed by atoms with Gasteiger partial charge in [0.1, 0.15) is 5.65 Å². The maximum Gasteiger partial charge on any atom is 0.198 e. The Morgan fingerprint density at radius 3 is 3.00 bits per heavy atom. The molecule has 102 valence electrons. The van der Waals surface area contributed by atoms with Crippen LogP contribution in [0.25, 0.3) is 5.65 Å². The quantitative estimate of drug-likeness (QED) is 0.839. The average Bonchev–Trinajstić information content (AvgIpc) is 2.81. The normalized spacial score (nSPS) is 22.5. The van der Waals surface area contributed by atoms with E-state index in [4.69, 9.17) is 4.74 Å². The molecule has 1 saturated heterocycles. The van der Waals surface area contributed by atoms with Gasteiger partial charge in [0.15, 0.2) is 15.7 Å². The van der Waals surface area contributed by atoms with Gasteiger partial charge in [-0.15, -0.1) is 0 Å². The number of rotatable bonds is 2. The summed E-state index contributed by atoms with van der Waals surface area (Å²) in [6.45, 7) is 0. The Balaban J connectivity index is 2.02. The first-order chi connectivity index (χ1) is 9.09. The molecule has 0 bridgehead atoms. The SMILES string of the molecule is COc1cccc2nc(C3CCCS(=O)(=O)C3)cn12. The van der Waals surface area contributed by atoms with Crippen LogP contribution in [-0.4, -0.2) is 36.4 Å². The van der Waals surface area contributed by atoms with Crippen LogP contribution in [0.3, 0.4) is 0 Å². The molecular weight excluding hydrogens is 264 g/mol. The van der Waals surface area contributed by atoms with Gasteiger partial charge in [0.2, 0.25) is 0 Å². The molecule has 2 aromatic rings. The first-order valence-corrected chi connectivity index (χ1v) is 8.13. The number of aromatic nitrogens is 2. The number of pyridine rings is 1. The van der Waals surface area contributed by atoms with Crippen molar-refractivity contribution in [3.05, 3.63) is 30.1 Å². The molecule has 1 unspecified atom stereocenters. The molecule has 19 heavy (non-hydrogen) atoms. The molecule has 0 saturated carbocycles. The monoisotopic (exact) mass is 280 g/mol. The minimum absolute atomic E-state index is 0.00311. The standard InChI is InChI=1S/C13H16N2O3S/c1-18-13-6-2-5-12-14-11(8-15(12)13)10-4-3-7-19(16,17)9-10/h2,5-6,8,10H,3-4,7,9H2,1H3. The summed E-state index contributed by atoms with van der Waals surface area (Å²) in [6, 6.07) is 5.63. The lowest BCUT2D eigenvalue weighted by atomic mass is 10.0. The van der Waals surface area contributed by atoms with Gasteiger partial charge >= 0.3 is 0 Å². The lowest BCUT2D eigenvalue weighted by Crippen LogP contribution is -2.23. The summed E-state index contributed by atoms with van der Waals surface area (Å²) in [5, 5.41) is 0. The van der Waals surface area contributed by atoms with Gasteiger partial charge in [-0.05, 0) is 25.0 Å². The fraction of sp³-hybridized carbons (Fsp3) is 0.462. The summed E-state index contributed by atoms with van der Waals surface area (Å²) in [4.78, 5) is 4.53. The minimum Gasteiger partial charge on any atom is -0.482 e. The van der Waals surface area contributed by atoms with Crippen LogP contribution in [-0.2, 0) is 9.84 Å². The highest BCUT2D eigenvalue weighted by molar-refractivity contribution is 7.91. The van der Waals surface area contributed by atoms with Crippen LogP contribution in [0, 0.1) is 0 Å². The molecule has 1 aliphatic heterocycles. The van der Waals surface area contributed by atoms with Gasteiger partial charge in [-0.1, -0.05) is 6.07 Å². The Kier molecular flexibility index (Phi) is 2.97. The summed E-state index contributed by atoms with van der Waals surface area (Å²) in [5.74, 6) is 1.22. The fourth-order valence-electron chi connectivity index (χ4n) is 2.62. The van der Waals surface area contributed by atoms with Crippen molar-refractivity contribution >= 4 is 15.5 Å². The van der Waals surface area contributed by atoms with E-state index in [9.17, 15) is 8.42 Å². The van der Waals surface area contributed by atoms with Crippen LogP contribution < -0.4 is 4.74 Å². The number of imidazole rings is 1. The van der Waals surface area contributed by atoms with Crippen molar-refractivity contribution in [2.45, 2.75) is 18.8 Å². The number of sulfone groups is 1. The minimum atomic E-state index is -2.91. The predicted octanol–water partition coefficient (Wildman–Crippen LogP) is 1.64. The zero-order valence-electron chi connectivity index (χ0n) is 10.7. The molecule has 1 aliphatic rings. The average molecular weight is 280 g/mol. The number of ether oxygens (including phenoxy) is 1. The molecule has 3 heterocycles. The number of nitrogens with zero attached hydrogens (tertiary/aromatic N) is 2. The Labute approximate surface area is 112 Å². The van der Waals surface area contributed by atoms with E-state index in [-0.39, 0.29) is 11.7 Å². The molecule has 2 aromatic heterocycles. The maximum atomic E-state index is 11.7. The second-order valence-electron chi connectivity index (χ2n) is 4.92. The van der Waals surface area contributed by atoms with E-state index >= 15 is 0 Å². The van der Waals surface area contributed by atoms with Gasteiger partial charge in [-0.3, -0.25) is 4.40 Å². The van der Waals surface area contributed by atoms with Gasteiger partial charge in [0.05, 0.1) is 24.3 Å². The third-order valence-corrected chi connectivity index (χ3v) is 5.38. The number of fused-ring (bicyclic) bond motifs is 1. The molecule has 0 spiro atoms. The van der Waals surface area contributed by atoms with E-state index in [0.717, 1.165) is 24.2 Å². The number of hydrogen-bond donors (Lipinski definition) is 0. The predicted molar refractivity (Wildman–Crippen MR) is 72.4 cm³/mol. The molecule has 5 nitrogen and oxygen atoms in total. The van der Waals surface area contributed by atoms with Gasteiger partial charge in [-0.25, -0.2) is 13.4 Å². The third kappa shape index (κ3) is 2.32. The molecule has 6 heteroatoms. The van der Waals surface area contributed by atoms with E-state index in [2.05, 4.69) is 4.98 Å². The zero-order valence-corrected chi connectivity index (χ0v) is 11.6. The molecule has 0 aromatic carbocycles. The Bertz CT molecular complexity index is 706. The molecule has 0 N–H and O–H groups in total. The lowest BCUT2D eigenvalue weighted by Gasteiger charge is -2.19. The van der Waals surface area contributed by atoms with Crippen LogP contribution in [0.15, 0.2) is 24.4 Å². The Morgan fingerprint density at radius 1 is 1.42 bits per heavy atom. The molecule has 1 atom stereocenters. The highest BCUT2D eigenvalue weighted by atomic mass is 32.2. The van der Waals surface area contributed by atoms with Crippen molar-refractivity contribution in [3.63, 3.8) is 0 Å². The molecular formula is C13H16N2O3S. The smallest absolute Gasteiger partial charge is 0.198 e. The topological polar surface area (TPSA) is 60.7 Å². The van der Waals surface area contributed by atoms with Crippen LogP contribution in [0.5, 0.6) is 5.88 Å². The number of methoxy groups -OCH3 is 1. The summed E-state index contributed by atoms with van der Waals surface area (Å²) in [7, 11) is -1.30. The van der Waals surface area contributed by atoms with E-state index < -0.39 is 9.84 Å². The van der Waals surface area contributed by atoms with E-state index in [0.29, 0.717) is 11.6 Å². The number of hydrogen-bond acceptors (Lipinski definition) is 4. The summed E-state index contributed by atoms with van der Waals surface area (Å²) >= 11 is 0. The zero-order chi connectivity index (χ0) is 13.5. The van der Waals surface area contributed by atoms with Gasteiger partial charge in [0.25, 0.3) is 0 Å². The van der Waals surface area contributed by atoms with Crippen LogP contribution in [0.1, 0.15) is 24.5 Å². The summed E-state index contributed by atoms with van der Waals surface area (Å²) < 4.78 is 30.6. The Hall–Kier alpha value is -1.56. The van der Waals surface area contributed by atoms with Crippen molar-refractivity contribution in [1.82, 2.24) is 9.38 Å². The van der Waals surface area contributed by atoms with Crippen LogP contribution >= 0.6 is 0 Å². The summed E-state index contributed by atoms with van der Waals surface area (Å²) in [6.07, 6.45) is 3.49. The molecule has 3 rings (SSSR count). The van der Waals surface area contributed by atoms with Crippen molar-refractivity contribution in [2.24, 2.45) is 0 Å². The third-order valence-electron chi connectivity index (χ3n) is 3.56. The second kappa shape index (κ2) is 4.52. The van der Waals surface area contributed by atoms with E-state index in [1.54, 1.807) is 7.11 Å². The summed E-state index contributed by atoms with van der Waals surface area (Å²) in [5.41, 5.74) is 1.63. The first-order valence-electron chi connectivity index (χ1n) is 6.31. The van der Waals surface area contributed by atoms with Crippen molar-refractivity contribution < 1.29 is 13.2 Å². The molecule has 1 fully saturated rings. The van der Waals surface area contributed by atoms with Crippen LogP contribution in [0.2, 0.25) is 0 Å². The molecule has 0 aliphatic carbocycles. The molecule has 0 amide bonds. The van der Waals surface area contributed by atoms with E-state index in [1.807, 2.05) is 28.8 Å². The highest BCUT2D eigenvalue weighted by Gasteiger charge is 2.27. The van der Waals surface area contributed by atoms with Crippen LogP contribution in [0.4, 0.5) is 0 Å². The van der Waals surface area contributed by atoms with Gasteiger partial charge < -0.3 is 4.74 Å². The second-order valence-corrected chi connectivity index (χ2v) is 7.14. The van der Waals surface area contributed by atoms with E-state index in [1.165, 1.54) is 0 Å². The van der Waals surface area contributed by atoms with Gasteiger partial charge in [0, 0.05) is 12.1 Å². The first kappa shape index (κ1) is 12.5. The van der Waals surface area contributed by atoms with Crippen molar-refractivity contribution in [2.75, 3.05) is 18.6 Å². The van der Waals surface area contributed by atoms with Crippen molar-refractivity contribution in [1.29, 1.82) is 0 Å². The highest BCUT2D eigenvalue weighted by Crippen LogP contribution is 2.28. The largest absolute Gasteiger partial charge is 0.482 e. The Morgan fingerprint density at radius 2 is 2.26 bits per heavy atom. The van der Waals surface area contributed by atoms with Gasteiger partial charge in [-0.2, -0.15) is 0 Å². The maximum absolute atomic E-state index is 11.7. The van der Waals surface area contributed by atoms with Crippen molar-refractivity contribution in [3.8, 4) is 5.88 Å². The lowest BCUT2D eigenvalue weighted by molar-refractivity contribution is 0.392.